The highest BCUT2D eigenvalue weighted by Crippen LogP contribution is 2.22. The molecule has 8 heteroatoms. The lowest BCUT2D eigenvalue weighted by Gasteiger charge is -2.06. The van der Waals surface area contributed by atoms with E-state index in [0.29, 0.717) is 35.0 Å². The van der Waals surface area contributed by atoms with Crippen LogP contribution >= 0.6 is 0 Å². The molecule has 0 saturated heterocycles. The number of fused-ring (bicyclic) bond motifs is 1. The van der Waals surface area contributed by atoms with E-state index in [4.69, 9.17) is 9.94 Å². The van der Waals surface area contributed by atoms with E-state index in [0.717, 1.165) is 5.56 Å². The molecule has 0 saturated carbocycles. The molecule has 0 radical (unpaired) electrons. The molecule has 0 atom stereocenters. The molecule has 1 aromatic carbocycles. The van der Waals surface area contributed by atoms with Gasteiger partial charge in [0.1, 0.15) is 11.3 Å². The number of carbonyl (C=O) groups excluding carboxylic acids is 1. The third-order valence-corrected chi connectivity index (χ3v) is 3.20. The van der Waals surface area contributed by atoms with Crippen molar-refractivity contribution in [2.24, 2.45) is 0 Å². The van der Waals surface area contributed by atoms with Crippen LogP contribution in [0.3, 0.4) is 0 Å². The Balaban J connectivity index is 1.85. The molecule has 0 aliphatic rings. The van der Waals surface area contributed by atoms with Crippen LogP contribution in [0.25, 0.3) is 22.4 Å². The summed E-state index contributed by atoms with van der Waals surface area (Å²) in [4.78, 5) is 24.3. The van der Waals surface area contributed by atoms with Crippen molar-refractivity contribution >= 4 is 23.1 Å². The van der Waals surface area contributed by atoms with Crippen molar-refractivity contribution < 1.29 is 14.7 Å². The van der Waals surface area contributed by atoms with Gasteiger partial charge >= 0.3 is 6.09 Å². The summed E-state index contributed by atoms with van der Waals surface area (Å²) in [6.45, 7) is 2.32. The first-order chi connectivity index (χ1) is 11.7. The molecular formula is C16H15N5O3. The number of aromatic nitrogens is 3. The highest BCUT2D eigenvalue weighted by atomic mass is 16.6. The molecule has 3 aromatic rings. The van der Waals surface area contributed by atoms with E-state index < -0.39 is 6.09 Å². The third kappa shape index (κ3) is 3.39. The molecule has 0 aliphatic heterocycles. The van der Waals surface area contributed by atoms with Gasteiger partial charge in [0.05, 0.1) is 11.9 Å². The van der Waals surface area contributed by atoms with E-state index in [2.05, 4.69) is 20.3 Å². The highest BCUT2D eigenvalue weighted by Gasteiger charge is 2.07. The minimum Gasteiger partial charge on any atom is -0.410 e. The van der Waals surface area contributed by atoms with Gasteiger partial charge in [-0.05, 0) is 43.3 Å². The Morgan fingerprint density at radius 2 is 1.96 bits per heavy atom. The predicted molar refractivity (Wildman–Crippen MR) is 87.9 cm³/mol. The minimum absolute atomic E-state index is 0.291. The maximum Gasteiger partial charge on any atom is 0.412 e. The molecule has 2 heterocycles. The second-order valence-corrected chi connectivity index (χ2v) is 4.85. The molecule has 1 amide bonds. The average Bonchev–Trinajstić information content (AvgIpc) is 2.61. The molecule has 0 unspecified atom stereocenters. The fraction of sp³-hybridized carbons (Fsp3) is 0.125. The second-order valence-electron chi connectivity index (χ2n) is 4.85. The van der Waals surface area contributed by atoms with Crippen molar-refractivity contribution in [2.75, 3.05) is 12.0 Å². The zero-order valence-corrected chi connectivity index (χ0v) is 12.9. The van der Waals surface area contributed by atoms with Crippen LogP contribution in [0, 0.1) is 0 Å². The van der Waals surface area contributed by atoms with Gasteiger partial charge in [-0.2, -0.15) is 0 Å². The first-order valence-corrected chi connectivity index (χ1v) is 7.29. The standard InChI is InChI=1S/C16H15N5O3/c1-2-17-16(22)24-11-5-3-10(4-6-11)13-9-18-12-7-8-14(21-23)20-15(12)19-13/h3-9,23H,2H2,1H3,(H,17,22)(H,19,20,21). The second kappa shape index (κ2) is 6.88. The Morgan fingerprint density at radius 1 is 1.17 bits per heavy atom. The molecule has 24 heavy (non-hydrogen) atoms. The number of amides is 1. The van der Waals surface area contributed by atoms with Crippen molar-refractivity contribution in [3.05, 3.63) is 42.6 Å². The number of benzene rings is 1. The van der Waals surface area contributed by atoms with Crippen LogP contribution in [0.1, 0.15) is 6.92 Å². The molecular weight excluding hydrogens is 310 g/mol. The molecule has 0 spiro atoms. The number of nitrogens with one attached hydrogen (secondary N) is 2. The number of anilines is 1. The molecule has 0 aliphatic carbocycles. The molecule has 3 N–H and O–H groups in total. The number of carbonyl (C=O) groups is 1. The van der Waals surface area contributed by atoms with Crippen LogP contribution in [0.5, 0.6) is 5.75 Å². The number of ether oxygens (including phenoxy) is 1. The number of pyridine rings is 1. The van der Waals surface area contributed by atoms with Crippen LogP contribution in [0.4, 0.5) is 10.6 Å². The van der Waals surface area contributed by atoms with E-state index in [1.54, 1.807) is 42.6 Å². The van der Waals surface area contributed by atoms with Crippen molar-refractivity contribution in [3.8, 4) is 17.0 Å². The summed E-state index contributed by atoms with van der Waals surface area (Å²) in [5, 5.41) is 11.5. The van der Waals surface area contributed by atoms with E-state index in [9.17, 15) is 4.79 Å². The largest absolute Gasteiger partial charge is 0.412 e. The summed E-state index contributed by atoms with van der Waals surface area (Å²) in [6.07, 6.45) is 1.14. The fourth-order valence-electron chi connectivity index (χ4n) is 2.08. The number of rotatable bonds is 4. The van der Waals surface area contributed by atoms with E-state index in [1.807, 2.05) is 12.4 Å². The Kier molecular flexibility index (Phi) is 4.48. The predicted octanol–water partition coefficient (Wildman–Crippen LogP) is 2.60. The van der Waals surface area contributed by atoms with Gasteiger partial charge in [-0.1, -0.05) is 0 Å². The lowest BCUT2D eigenvalue weighted by atomic mass is 10.1. The topological polar surface area (TPSA) is 109 Å². The van der Waals surface area contributed by atoms with Gasteiger partial charge in [0.25, 0.3) is 0 Å². The Hall–Kier alpha value is -3.26. The van der Waals surface area contributed by atoms with Gasteiger partial charge in [-0.15, -0.1) is 0 Å². The van der Waals surface area contributed by atoms with Crippen LogP contribution in [-0.2, 0) is 0 Å². The first kappa shape index (κ1) is 15.6. The SMILES string of the molecule is CCNC(=O)Oc1ccc(-c2cnc3ccc(NO)nc3n2)cc1. The summed E-state index contributed by atoms with van der Waals surface area (Å²) < 4.78 is 5.11. The van der Waals surface area contributed by atoms with E-state index in [-0.39, 0.29) is 0 Å². The zero-order chi connectivity index (χ0) is 16.9. The summed E-state index contributed by atoms with van der Waals surface area (Å²) in [6, 6.07) is 10.2. The van der Waals surface area contributed by atoms with E-state index >= 15 is 0 Å². The van der Waals surface area contributed by atoms with Gasteiger partial charge in [-0.3, -0.25) is 15.7 Å². The quantitative estimate of drug-likeness (QED) is 0.632. The van der Waals surface area contributed by atoms with Gasteiger partial charge < -0.3 is 10.1 Å². The average molecular weight is 325 g/mol. The molecule has 0 fully saturated rings. The molecule has 3 rings (SSSR count). The Morgan fingerprint density at radius 3 is 2.67 bits per heavy atom. The summed E-state index contributed by atoms with van der Waals surface area (Å²) in [5.74, 6) is 0.725. The smallest absolute Gasteiger partial charge is 0.410 e. The van der Waals surface area contributed by atoms with Gasteiger partial charge in [0, 0.05) is 12.1 Å². The Labute approximate surface area is 137 Å². The molecule has 122 valence electrons. The summed E-state index contributed by atoms with van der Waals surface area (Å²) >= 11 is 0. The number of nitrogens with zero attached hydrogens (tertiary/aromatic N) is 3. The van der Waals surface area contributed by atoms with Gasteiger partial charge in [0.15, 0.2) is 11.5 Å². The molecule has 0 bridgehead atoms. The summed E-state index contributed by atoms with van der Waals surface area (Å²) in [5.41, 5.74) is 4.43. The fourth-order valence-corrected chi connectivity index (χ4v) is 2.08. The van der Waals surface area contributed by atoms with Crippen molar-refractivity contribution in [1.29, 1.82) is 0 Å². The maximum atomic E-state index is 11.4. The lowest BCUT2D eigenvalue weighted by Crippen LogP contribution is -2.26. The normalized spacial score (nSPS) is 10.4. The third-order valence-electron chi connectivity index (χ3n) is 3.20. The minimum atomic E-state index is -0.496. The van der Waals surface area contributed by atoms with E-state index in [1.165, 1.54) is 0 Å². The van der Waals surface area contributed by atoms with Gasteiger partial charge in [0.2, 0.25) is 0 Å². The van der Waals surface area contributed by atoms with Crippen molar-refractivity contribution in [2.45, 2.75) is 6.92 Å². The Bertz CT molecular complexity index is 867. The summed E-state index contributed by atoms with van der Waals surface area (Å²) in [7, 11) is 0. The van der Waals surface area contributed by atoms with Crippen LogP contribution < -0.4 is 15.5 Å². The van der Waals surface area contributed by atoms with Gasteiger partial charge in [-0.25, -0.2) is 14.8 Å². The maximum absolute atomic E-state index is 11.4. The van der Waals surface area contributed by atoms with Crippen LogP contribution in [0.2, 0.25) is 0 Å². The molecule has 2 aromatic heterocycles. The zero-order valence-electron chi connectivity index (χ0n) is 12.9. The van der Waals surface area contributed by atoms with Crippen molar-refractivity contribution in [3.63, 3.8) is 0 Å². The van der Waals surface area contributed by atoms with Crippen LogP contribution in [0.15, 0.2) is 42.6 Å². The number of hydrogen-bond donors (Lipinski definition) is 3. The monoisotopic (exact) mass is 325 g/mol. The lowest BCUT2D eigenvalue weighted by molar-refractivity contribution is 0.201. The highest BCUT2D eigenvalue weighted by molar-refractivity contribution is 5.75. The first-order valence-electron chi connectivity index (χ1n) is 7.29. The van der Waals surface area contributed by atoms with Crippen LogP contribution in [-0.4, -0.2) is 32.8 Å². The molecule has 8 nitrogen and oxygen atoms in total. The number of hydrogen-bond acceptors (Lipinski definition) is 7. The van der Waals surface area contributed by atoms with Crippen molar-refractivity contribution in [1.82, 2.24) is 20.3 Å².